The van der Waals surface area contributed by atoms with E-state index in [1.165, 1.54) is 17.1 Å². The molecule has 1 N–H and O–H groups in total. The normalized spacial score (nSPS) is 16.4. The third kappa shape index (κ3) is 4.39. The lowest BCUT2D eigenvalue weighted by atomic mass is 9.89. The average Bonchev–Trinajstić information content (AvgIpc) is 2.74. The number of carbonyl (C=O) groups is 2. The molecule has 2 aromatic carbocycles. The zero-order valence-electron chi connectivity index (χ0n) is 16.7. The lowest BCUT2D eigenvalue weighted by Crippen LogP contribution is -2.36. The molecule has 1 atom stereocenters. The Labute approximate surface area is 169 Å². The summed E-state index contributed by atoms with van der Waals surface area (Å²) in [6, 6.07) is 12.1. The van der Waals surface area contributed by atoms with Gasteiger partial charge in [-0.1, -0.05) is 19.1 Å². The Kier molecular flexibility index (Phi) is 6.16. The molecule has 0 aliphatic carbocycles. The van der Waals surface area contributed by atoms with Crippen LogP contribution in [0.4, 0.5) is 0 Å². The maximum atomic E-state index is 12.6. The van der Waals surface area contributed by atoms with Crippen LogP contribution in [0.2, 0.25) is 0 Å². The zero-order chi connectivity index (χ0) is 21.0. The predicted octanol–water partition coefficient (Wildman–Crippen LogP) is 3.56. The van der Waals surface area contributed by atoms with E-state index in [2.05, 4.69) is 5.10 Å². The fourth-order valence-corrected chi connectivity index (χ4v) is 3.36. The first-order valence-electron chi connectivity index (χ1n) is 9.40. The van der Waals surface area contributed by atoms with Crippen molar-refractivity contribution in [3.63, 3.8) is 0 Å². The smallest absolute Gasteiger partial charge is 0.335 e. The molecular weight excluding hydrogens is 372 g/mol. The minimum absolute atomic E-state index is 0.0197. The molecule has 7 nitrogen and oxygen atoms in total. The van der Waals surface area contributed by atoms with Crippen LogP contribution in [0.25, 0.3) is 0 Å². The second kappa shape index (κ2) is 8.77. The molecular formula is C22H24N2O5. The number of carbonyl (C=O) groups excluding carboxylic acids is 1. The summed E-state index contributed by atoms with van der Waals surface area (Å²) < 4.78 is 10.7. The molecule has 0 aromatic heterocycles. The highest BCUT2D eigenvalue weighted by Gasteiger charge is 2.29. The number of methoxy groups -OCH3 is 2. The molecule has 1 aliphatic heterocycles. The highest BCUT2D eigenvalue weighted by Crippen LogP contribution is 2.31. The topological polar surface area (TPSA) is 88.4 Å². The van der Waals surface area contributed by atoms with Crippen LogP contribution in [-0.2, 0) is 11.3 Å². The molecule has 29 heavy (non-hydrogen) atoms. The minimum atomic E-state index is -0.981. The molecule has 152 valence electrons. The van der Waals surface area contributed by atoms with E-state index in [0.717, 1.165) is 23.3 Å². The third-order valence-corrected chi connectivity index (χ3v) is 5.03. The van der Waals surface area contributed by atoms with Crippen molar-refractivity contribution in [1.82, 2.24) is 5.01 Å². The standard InChI is InChI=1S/C22H24N2O5/c1-4-15-12-20(25)24(13-14-5-7-16(8-6-14)22(26)27)23-21(15)17-9-10-18(28-2)19(11-17)29-3/h5-11,15H,4,12-13H2,1-3H3,(H,26,27). The number of hydrogen-bond donors (Lipinski definition) is 1. The van der Waals surface area contributed by atoms with Crippen molar-refractivity contribution in [1.29, 1.82) is 0 Å². The molecule has 2 aromatic rings. The average molecular weight is 396 g/mol. The molecule has 1 aliphatic rings. The van der Waals surface area contributed by atoms with E-state index in [1.807, 2.05) is 25.1 Å². The van der Waals surface area contributed by atoms with E-state index in [9.17, 15) is 9.59 Å². The molecule has 0 spiro atoms. The number of amides is 1. The molecule has 1 heterocycles. The van der Waals surface area contributed by atoms with Gasteiger partial charge in [0.2, 0.25) is 5.91 Å². The van der Waals surface area contributed by atoms with E-state index >= 15 is 0 Å². The number of nitrogens with zero attached hydrogens (tertiary/aromatic N) is 2. The maximum Gasteiger partial charge on any atom is 0.335 e. The number of rotatable bonds is 7. The largest absolute Gasteiger partial charge is 0.493 e. The van der Waals surface area contributed by atoms with Crippen LogP contribution in [0.5, 0.6) is 11.5 Å². The van der Waals surface area contributed by atoms with Crippen LogP contribution in [0.3, 0.4) is 0 Å². The molecule has 1 amide bonds. The van der Waals surface area contributed by atoms with Gasteiger partial charge >= 0.3 is 5.97 Å². The highest BCUT2D eigenvalue weighted by atomic mass is 16.5. The van der Waals surface area contributed by atoms with Gasteiger partial charge < -0.3 is 14.6 Å². The number of ether oxygens (including phenoxy) is 2. The Bertz CT molecular complexity index is 937. The van der Waals surface area contributed by atoms with Gasteiger partial charge in [-0.25, -0.2) is 9.80 Å². The van der Waals surface area contributed by atoms with Crippen LogP contribution in [0.1, 0.15) is 41.3 Å². The van der Waals surface area contributed by atoms with Gasteiger partial charge in [-0.2, -0.15) is 5.10 Å². The van der Waals surface area contributed by atoms with E-state index in [1.54, 1.807) is 26.4 Å². The molecule has 0 saturated heterocycles. The van der Waals surface area contributed by atoms with Crippen molar-refractivity contribution in [2.75, 3.05) is 14.2 Å². The van der Waals surface area contributed by atoms with Crippen LogP contribution < -0.4 is 9.47 Å². The summed E-state index contributed by atoms with van der Waals surface area (Å²) in [5.74, 6) is 0.224. The number of carboxylic acids is 1. The first-order valence-corrected chi connectivity index (χ1v) is 9.40. The monoisotopic (exact) mass is 396 g/mol. The number of hydrogen-bond acceptors (Lipinski definition) is 5. The summed E-state index contributed by atoms with van der Waals surface area (Å²) >= 11 is 0. The van der Waals surface area contributed by atoms with Gasteiger partial charge in [0.1, 0.15) is 0 Å². The SMILES string of the molecule is CCC1CC(=O)N(Cc2ccc(C(=O)O)cc2)N=C1c1ccc(OC)c(OC)c1. The van der Waals surface area contributed by atoms with E-state index in [-0.39, 0.29) is 23.9 Å². The quantitative estimate of drug-likeness (QED) is 0.773. The van der Waals surface area contributed by atoms with Crippen LogP contribution in [-0.4, -0.2) is 41.9 Å². The van der Waals surface area contributed by atoms with Gasteiger partial charge in [0.25, 0.3) is 0 Å². The van der Waals surface area contributed by atoms with Crippen molar-refractivity contribution in [3.8, 4) is 11.5 Å². The van der Waals surface area contributed by atoms with Crippen LogP contribution >= 0.6 is 0 Å². The molecule has 0 saturated carbocycles. The lowest BCUT2D eigenvalue weighted by Gasteiger charge is -2.29. The van der Waals surface area contributed by atoms with Crippen molar-refractivity contribution in [2.45, 2.75) is 26.3 Å². The molecule has 7 heteroatoms. The summed E-state index contributed by atoms with van der Waals surface area (Å²) in [5, 5.41) is 15.1. The van der Waals surface area contributed by atoms with Crippen molar-refractivity contribution in [2.24, 2.45) is 11.0 Å². The molecule has 1 unspecified atom stereocenters. The summed E-state index contributed by atoms with van der Waals surface area (Å²) in [4.78, 5) is 23.6. The first-order chi connectivity index (χ1) is 14.0. The highest BCUT2D eigenvalue weighted by molar-refractivity contribution is 6.06. The Morgan fingerprint density at radius 2 is 1.83 bits per heavy atom. The summed E-state index contributed by atoms with van der Waals surface area (Å²) in [7, 11) is 3.17. The van der Waals surface area contributed by atoms with Crippen molar-refractivity contribution >= 4 is 17.6 Å². The summed E-state index contributed by atoms with van der Waals surface area (Å²) in [6.07, 6.45) is 1.16. The summed E-state index contributed by atoms with van der Waals surface area (Å²) in [6.45, 7) is 2.32. The van der Waals surface area contributed by atoms with Gasteiger partial charge in [-0.3, -0.25) is 4.79 Å². The molecule has 0 fully saturated rings. The minimum Gasteiger partial charge on any atom is -0.493 e. The first kappa shape index (κ1) is 20.4. The van der Waals surface area contributed by atoms with E-state index < -0.39 is 5.97 Å². The van der Waals surface area contributed by atoms with Crippen LogP contribution in [0.15, 0.2) is 47.6 Å². The van der Waals surface area contributed by atoms with E-state index in [0.29, 0.717) is 17.9 Å². The number of benzene rings is 2. The van der Waals surface area contributed by atoms with Crippen molar-refractivity contribution in [3.05, 3.63) is 59.2 Å². The molecule has 0 bridgehead atoms. The Morgan fingerprint density at radius 3 is 2.41 bits per heavy atom. The van der Waals surface area contributed by atoms with Crippen LogP contribution in [0, 0.1) is 5.92 Å². The van der Waals surface area contributed by atoms with Gasteiger partial charge in [0.05, 0.1) is 32.0 Å². The van der Waals surface area contributed by atoms with Crippen molar-refractivity contribution < 1.29 is 24.2 Å². The number of aromatic carboxylic acids is 1. The number of carboxylic acid groups (broad SMARTS) is 1. The fourth-order valence-electron chi connectivity index (χ4n) is 3.36. The van der Waals surface area contributed by atoms with Gasteiger partial charge in [0.15, 0.2) is 11.5 Å². The Balaban J connectivity index is 1.92. The predicted molar refractivity (Wildman–Crippen MR) is 108 cm³/mol. The zero-order valence-corrected chi connectivity index (χ0v) is 16.7. The second-order valence-electron chi connectivity index (χ2n) is 6.82. The van der Waals surface area contributed by atoms with E-state index in [4.69, 9.17) is 14.6 Å². The third-order valence-electron chi connectivity index (χ3n) is 5.03. The fraction of sp³-hybridized carbons (Fsp3) is 0.318. The maximum absolute atomic E-state index is 12.6. The van der Waals surface area contributed by atoms with Gasteiger partial charge in [-0.05, 0) is 42.3 Å². The lowest BCUT2D eigenvalue weighted by molar-refractivity contribution is -0.133. The van der Waals surface area contributed by atoms with Gasteiger partial charge in [-0.15, -0.1) is 0 Å². The molecule has 3 rings (SSSR count). The number of hydrazone groups is 1. The molecule has 0 radical (unpaired) electrons. The second-order valence-corrected chi connectivity index (χ2v) is 6.82. The Hall–Kier alpha value is -3.35. The summed E-state index contributed by atoms with van der Waals surface area (Å²) in [5.41, 5.74) is 2.73. The van der Waals surface area contributed by atoms with Gasteiger partial charge in [0, 0.05) is 17.9 Å². The Morgan fingerprint density at radius 1 is 1.14 bits per heavy atom.